The molecule has 0 amide bonds. The second-order valence-corrected chi connectivity index (χ2v) is 6.45. The van der Waals surface area contributed by atoms with Crippen LogP contribution in [0.2, 0.25) is 0 Å². The molecule has 4 nitrogen and oxygen atoms in total. The second-order valence-electron chi connectivity index (χ2n) is 4.93. The SMILES string of the molecule is CCSC1CCCC1Nc1ccc(C)c([N+](=O)[O-])c1. The van der Waals surface area contributed by atoms with Gasteiger partial charge in [-0.05, 0) is 31.6 Å². The second kappa shape index (κ2) is 6.28. The molecule has 5 heteroatoms. The summed E-state index contributed by atoms with van der Waals surface area (Å²) in [5, 5.41) is 15.1. The van der Waals surface area contributed by atoms with Crippen LogP contribution in [0, 0.1) is 17.0 Å². The molecular formula is C14H20N2O2S. The standard InChI is InChI=1S/C14H20N2O2S/c1-3-19-14-6-4-5-12(14)15-11-8-7-10(2)13(9-11)16(17)18/h7-9,12,14-15H,3-6H2,1-2H3. The summed E-state index contributed by atoms with van der Waals surface area (Å²) in [6.07, 6.45) is 3.63. The number of thioether (sulfide) groups is 1. The molecule has 0 aliphatic heterocycles. The molecule has 104 valence electrons. The summed E-state index contributed by atoms with van der Waals surface area (Å²) in [7, 11) is 0. The van der Waals surface area contributed by atoms with E-state index in [2.05, 4.69) is 12.2 Å². The number of rotatable bonds is 5. The van der Waals surface area contributed by atoms with Gasteiger partial charge in [-0.15, -0.1) is 0 Å². The van der Waals surface area contributed by atoms with Crippen LogP contribution in [0.5, 0.6) is 0 Å². The summed E-state index contributed by atoms with van der Waals surface area (Å²) in [6.45, 7) is 3.95. The molecule has 1 fully saturated rings. The van der Waals surface area contributed by atoms with E-state index in [1.807, 2.05) is 23.9 Å². The average molecular weight is 280 g/mol. The Labute approximate surface area is 118 Å². The first-order valence-corrected chi connectivity index (χ1v) is 7.80. The molecule has 1 aromatic rings. The lowest BCUT2D eigenvalue weighted by molar-refractivity contribution is -0.385. The highest BCUT2D eigenvalue weighted by molar-refractivity contribution is 7.99. The summed E-state index contributed by atoms with van der Waals surface area (Å²) in [5.74, 6) is 1.12. The normalized spacial score (nSPS) is 22.4. The van der Waals surface area contributed by atoms with E-state index in [9.17, 15) is 10.1 Å². The van der Waals surface area contributed by atoms with Crippen molar-refractivity contribution in [3.05, 3.63) is 33.9 Å². The molecular weight excluding hydrogens is 260 g/mol. The molecule has 19 heavy (non-hydrogen) atoms. The number of hydrogen-bond acceptors (Lipinski definition) is 4. The Kier molecular flexibility index (Phi) is 4.69. The Bertz CT molecular complexity index is 465. The quantitative estimate of drug-likeness (QED) is 0.654. The molecule has 0 spiro atoms. The van der Waals surface area contributed by atoms with Crippen LogP contribution in [0.15, 0.2) is 18.2 Å². The largest absolute Gasteiger partial charge is 0.381 e. The van der Waals surface area contributed by atoms with Crippen LogP contribution in [0.3, 0.4) is 0 Å². The lowest BCUT2D eigenvalue weighted by Gasteiger charge is -2.21. The third-order valence-corrected chi connectivity index (χ3v) is 4.92. The van der Waals surface area contributed by atoms with Crippen molar-refractivity contribution in [2.75, 3.05) is 11.1 Å². The maximum atomic E-state index is 11.0. The lowest BCUT2D eigenvalue weighted by atomic mass is 10.1. The van der Waals surface area contributed by atoms with Crippen molar-refractivity contribution in [2.45, 2.75) is 44.4 Å². The van der Waals surface area contributed by atoms with Crippen LogP contribution < -0.4 is 5.32 Å². The lowest BCUT2D eigenvalue weighted by Crippen LogP contribution is -2.26. The fourth-order valence-corrected chi connectivity index (χ4v) is 3.81. The highest BCUT2D eigenvalue weighted by Gasteiger charge is 2.27. The van der Waals surface area contributed by atoms with E-state index >= 15 is 0 Å². The monoisotopic (exact) mass is 280 g/mol. The van der Waals surface area contributed by atoms with Crippen LogP contribution >= 0.6 is 11.8 Å². The van der Waals surface area contributed by atoms with Crippen LogP contribution in [0.25, 0.3) is 0 Å². The molecule has 1 saturated carbocycles. The van der Waals surface area contributed by atoms with Crippen molar-refractivity contribution < 1.29 is 4.92 Å². The van der Waals surface area contributed by atoms with Crippen LogP contribution in [-0.2, 0) is 0 Å². The number of aryl methyl sites for hydroxylation is 1. The summed E-state index contributed by atoms with van der Waals surface area (Å²) < 4.78 is 0. The number of hydrogen-bond donors (Lipinski definition) is 1. The van der Waals surface area contributed by atoms with Gasteiger partial charge in [0, 0.05) is 28.6 Å². The molecule has 0 aromatic heterocycles. The van der Waals surface area contributed by atoms with Crippen molar-refractivity contribution in [1.29, 1.82) is 0 Å². The van der Waals surface area contributed by atoms with Gasteiger partial charge in [0.1, 0.15) is 0 Å². The minimum atomic E-state index is -0.312. The minimum absolute atomic E-state index is 0.197. The van der Waals surface area contributed by atoms with Crippen molar-refractivity contribution in [2.24, 2.45) is 0 Å². The molecule has 2 unspecified atom stereocenters. The number of nitro benzene ring substituents is 1. The number of nitro groups is 1. The molecule has 0 saturated heterocycles. The van der Waals surface area contributed by atoms with Gasteiger partial charge >= 0.3 is 0 Å². The highest BCUT2D eigenvalue weighted by atomic mass is 32.2. The van der Waals surface area contributed by atoms with Crippen molar-refractivity contribution in [1.82, 2.24) is 0 Å². The van der Waals surface area contributed by atoms with Gasteiger partial charge in [0.25, 0.3) is 5.69 Å². The fraction of sp³-hybridized carbons (Fsp3) is 0.571. The van der Waals surface area contributed by atoms with E-state index in [4.69, 9.17) is 0 Å². The third kappa shape index (κ3) is 3.41. The molecule has 1 N–H and O–H groups in total. The summed E-state index contributed by atoms with van der Waals surface area (Å²) >= 11 is 1.98. The maximum absolute atomic E-state index is 11.0. The first-order valence-electron chi connectivity index (χ1n) is 6.75. The Morgan fingerprint density at radius 2 is 2.26 bits per heavy atom. The van der Waals surface area contributed by atoms with Gasteiger partial charge in [-0.1, -0.05) is 19.4 Å². The van der Waals surface area contributed by atoms with E-state index in [0.717, 1.165) is 17.9 Å². The first-order chi connectivity index (χ1) is 9.11. The maximum Gasteiger partial charge on any atom is 0.274 e. The average Bonchev–Trinajstić information content (AvgIpc) is 2.79. The Hall–Kier alpha value is -1.23. The molecule has 1 aliphatic rings. The van der Waals surface area contributed by atoms with E-state index in [1.54, 1.807) is 13.0 Å². The summed E-state index contributed by atoms with van der Waals surface area (Å²) in [5.41, 5.74) is 1.77. The Balaban J connectivity index is 2.10. The van der Waals surface area contributed by atoms with E-state index in [0.29, 0.717) is 16.9 Å². The number of anilines is 1. The molecule has 1 aromatic carbocycles. The summed E-state index contributed by atoms with van der Waals surface area (Å²) in [6, 6.07) is 5.85. The molecule has 2 rings (SSSR count). The van der Waals surface area contributed by atoms with Gasteiger partial charge in [-0.3, -0.25) is 10.1 Å². The molecule has 0 radical (unpaired) electrons. The minimum Gasteiger partial charge on any atom is -0.381 e. The van der Waals surface area contributed by atoms with Crippen molar-refractivity contribution >= 4 is 23.1 Å². The zero-order chi connectivity index (χ0) is 13.8. The van der Waals surface area contributed by atoms with Gasteiger partial charge in [-0.25, -0.2) is 0 Å². The number of nitrogens with one attached hydrogen (secondary N) is 1. The van der Waals surface area contributed by atoms with Gasteiger partial charge < -0.3 is 5.32 Å². The van der Waals surface area contributed by atoms with Gasteiger partial charge in [0.15, 0.2) is 0 Å². The molecule has 0 heterocycles. The van der Waals surface area contributed by atoms with E-state index < -0.39 is 0 Å². The topological polar surface area (TPSA) is 55.2 Å². The molecule has 1 aliphatic carbocycles. The Morgan fingerprint density at radius 1 is 1.47 bits per heavy atom. The molecule has 2 atom stereocenters. The van der Waals surface area contributed by atoms with Crippen LogP contribution in [0.1, 0.15) is 31.7 Å². The Morgan fingerprint density at radius 3 is 2.95 bits per heavy atom. The highest BCUT2D eigenvalue weighted by Crippen LogP contribution is 2.33. The van der Waals surface area contributed by atoms with Crippen LogP contribution in [0.4, 0.5) is 11.4 Å². The van der Waals surface area contributed by atoms with Gasteiger partial charge in [-0.2, -0.15) is 11.8 Å². The zero-order valence-electron chi connectivity index (χ0n) is 11.4. The smallest absolute Gasteiger partial charge is 0.274 e. The van der Waals surface area contributed by atoms with Crippen LogP contribution in [-0.4, -0.2) is 22.0 Å². The van der Waals surface area contributed by atoms with Crippen molar-refractivity contribution in [3.8, 4) is 0 Å². The van der Waals surface area contributed by atoms with Gasteiger partial charge in [0.2, 0.25) is 0 Å². The third-order valence-electron chi connectivity index (χ3n) is 3.59. The number of nitrogens with zero attached hydrogens (tertiary/aromatic N) is 1. The van der Waals surface area contributed by atoms with Crippen molar-refractivity contribution in [3.63, 3.8) is 0 Å². The first kappa shape index (κ1) is 14.2. The van der Waals surface area contributed by atoms with E-state index in [-0.39, 0.29) is 10.6 Å². The fourth-order valence-electron chi connectivity index (χ4n) is 2.61. The summed E-state index contributed by atoms with van der Waals surface area (Å²) in [4.78, 5) is 10.6. The predicted octanol–water partition coefficient (Wildman–Crippen LogP) is 3.99. The zero-order valence-corrected chi connectivity index (χ0v) is 12.2. The van der Waals surface area contributed by atoms with Gasteiger partial charge in [0.05, 0.1) is 4.92 Å². The molecule has 0 bridgehead atoms. The predicted molar refractivity (Wildman–Crippen MR) is 81.0 cm³/mol. The van der Waals surface area contributed by atoms with E-state index in [1.165, 1.54) is 12.8 Å². The number of benzene rings is 1.